The monoisotopic (exact) mass is 130 g/mol. The van der Waals surface area contributed by atoms with Crippen LogP contribution in [0.3, 0.4) is 0 Å². The van der Waals surface area contributed by atoms with Crippen molar-refractivity contribution in [3.8, 4) is 0 Å². The van der Waals surface area contributed by atoms with Gasteiger partial charge in [-0.25, -0.2) is 0 Å². The molecule has 0 aromatic heterocycles. The maximum atomic E-state index is 10.5. The standard InChI is InChI=1S/C6H13NO2/c1-7-6(8)4-3-5-9-2/h3-5H2,1-2H3,(H,7,8)/p-1. The first-order valence-electron chi connectivity index (χ1n) is 2.93. The molecule has 0 saturated carbocycles. The molecule has 0 N–H and O–H groups in total. The molecule has 0 aliphatic rings. The van der Waals surface area contributed by atoms with Gasteiger partial charge in [-0.3, -0.25) is 0 Å². The van der Waals surface area contributed by atoms with Crippen molar-refractivity contribution in [3.05, 3.63) is 0 Å². The van der Waals surface area contributed by atoms with Crippen LogP contribution in [0.4, 0.5) is 0 Å². The molecular formula is C6H12NO2-. The van der Waals surface area contributed by atoms with Gasteiger partial charge in [-0.1, -0.05) is 0 Å². The van der Waals surface area contributed by atoms with E-state index in [2.05, 4.69) is 4.99 Å². The molecule has 0 spiro atoms. The third-order valence-corrected chi connectivity index (χ3v) is 0.989. The van der Waals surface area contributed by atoms with Crippen molar-refractivity contribution in [1.82, 2.24) is 0 Å². The Hall–Kier alpha value is -0.570. The number of ether oxygens (including phenoxy) is 1. The summed E-state index contributed by atoms with van der Waals surface area (Å²) in [6.07, 6.45) is 1.27. The lowest BCUT2D eigenvalue weighted by atomic mass is 10.3. The highest BCUT2D eigenvalue weighted by molar-refractivity contribution is 5.70. The zero-order valence-corrected chi connectivity index (χ0v) is 5.89. The second-order valence-corrected chi connectivity index (χ2v) is 1.71. The Morgan fingerprint density at radius 1 is 1.67 bits per heavy atom. The lowest BCUT2D eigenvalue weighted by Crippen LogP contribution is -2.17. The summed E-state index contributed by atoms with van der Waals surface area (Å²) < 4.78 is 4.74. The largest absolute Gasteiger partial charge is 0.862 e. The van der Waals surface area contributed by atoms with E-state index in [1.165, 1.54) is 7.05 Å². The van der Waals surface area contributed by atoms with Gasteiger partial charge in [-0.05, 0) is 18.7 Å². The smallest absolute Gasteiger partial charge is 0.0465 e. The molecule has 0 saturated heterocycles. The molecule has 3 nitrogen and oxygen atoms in total. The van der Waals surface area contributed by atoms with Crippen molar-refractivity contribution in [2.45, 2.75) is 12.8 Å². The summed E-state index contributed by atoms with van der Waals surface area (Å²) >= 11 is 0. The Morgan fingerprint density at radius 2 is 2.33 bits per heavy atom. The van der Waals surface area contributed by atoms with E-state index in [0.717, 1.165) is 6.42 Å². The quantitative estimate of drug-likeness (QED) is 0.300. The molecule has 3 heteroatoms. The van der Waals surface area contributed by atoms with E-state index in [4.69, 9.17) is 4.74 Å². The number of nitrogens with zero attached hydrogens (tertiary/aromatic N) is 1. The first-order chi connectivity index (χ1) is 4.31. The topological polar surface area (TPSA) is 44.7 Å². The molecule has 9 heavy (non-hydrogen) atoms. The molecule has 0 fully saturated rings. The molecule has 0 aliphatic heterocycles. The van der Waals surface area contributed by atoms with Gasteiger partial charge < -0.3 is 14.8 Å². The molecule has 0 radical (unpaired) electrons. The van der Waals surface area contributed by atoms with Crippen LogP contribution in [0, 0.1) is 0 Å². The van der Waals surface area contributed by atoms with Crippen molar-refractivity contribution in [3.63, 3.8) is 0 Å². The predicted octanol–water partition coefficient (Wildman–Crippen LogP) is -0.198. The van der Waals surface area contributed by atoms with Crippen molar-refractivity contribution >= 4 is 5.90 Å². The zero-order chi connectivity index (χ0) is 7.11. The highest BCUT2D eigenvalue weighted by atomic mass is 16.5. The van der Waals surface area contributed by atoms with Crippen LogP contribution in [0.1, 0.15) is 12.8 Å². The first kappa shape index (κ1) is 8.43. The van der Waals surface area contributed by atoms with E-state index in [-0.39, 0.29) is 5.90 Å². The van der Waals surface area contributed by atoms with Crippen LogP contribution < -0.4 is 5.11 Å². The van der Waals surface area contributed by atoms with Crippen molar-refractivity contribution in [2.75, 3.05) is 20.8 Å². The van der Waals surface area contributed by atoms with Gasteiger partial charge in [0.25, 0.3) is 0 Å². The maximum Gasteiger partial charge on any atom is 0.0465 e. The molecule has 54 valence electrons. The summed E-state index contributed by atoms with van der Waals surface area (Å²) in [5.74, 6) is -0.0490. The number of hydrogen-bond donors (Lipinski definition) is 0. The molecule has 0 amide bonds. The SMILES string of the molecule is CN=C([O-])CCCOC. The van der Waals surface area contributed by atoms with Gasteiger partial charge in [0.05, 0.1) is 0 Å². The minimum atomic E-state index is -0.0490. The normalized spacial score (nSPS) is 12.0. The zero-order valence-electron chi connectivity index (χ0n) is 5.89. The average molecular weight is 130 g/mol. The number of rotatable bonds is 4. The van der Waals surface area contributed by atoms with E-state index in [1.54, 1.807) is 7.11 Å². The fraction of sp³-hybridized carbons (Fsp3) is 0.833. The Kier molecular flexibility index (Phi) is 5.21. The van der Waals surface area contributed by atoms with Crippen LogP contribution in [0.25, 0.3) is 0 Å². The average Bonchev–Trinajstić information content (AvgIpc) is 1.89. The fourth-order valence-electron chi connectivity index (χ4n) is 0.480. The number of aliphatic imine (C=N–C) groups is 1. The Labute approximate surface area is 55.4 Å². The van der Waals surface area contributed by atoms with Crippen molar-refractivity contribution < 1.29 is 9.84 Å². The lowest BCUT2D eigenvalue weighted by molar-refractivity contribution is -0.219. The number of methoxy groups -OCH3 is 1. The van der Waals surface area contributed by atoms with Crippen molar-refractivity contribution in [1.29, 1.82) is 0 Å². The van der Waals surface area contributed by atoms with Gasteiger partial charge in [0, 0.05) is 20.8 Å². The van der Waals surface area contributed by atoms with Gasteiger partial charge >= 0.3 is 0 Å². The van der Waals surface area contributed by atoms with Crippen LogP contribution in [0.15, 0.2) is 4.99 Å². The van der Waals surface area contributed by atoms with Crippen LogP contribution in [-0.2, 0) is 4.74 Å². The first-order valence-corrected chi connectivity index (χ1v) is 2.93. The molecule has 0 atom stereocenters. The second kappa shape index (κ2) is 5.56. The molecule has 0 aromatic carbocycles. The van der Waals surface area contributed by atoms with E-state index < -0.39 is 0 Å². The molecule has 0 aromatic rings. The molecule has 0 aliphatic carbocycles. The van der Waals surface area contributed by atoms with E-state index in [0.29, 0.717) is 13.0 Å². The summed E-state index contributed by atoms with van der Waals surface area (Å²) in [6.45, 7) is 0.640. The van der Waals surface area contributed by atoms with Crippen LogP contribution in [0.2, 0.25) is 0 Å². The Morgan fingerprint density at radius 3 is 2.78 bits per heavy atom. The van der Waals surface area contributed by atoms with Gasteiger partial charge in [-0.15, -0.1) is 0 Å². The van der Waals surface area contributed by atoms with Gasteiger partial charge in [0.2, 0.25) is 0 Å². The molecule has 0 bridgehead atoms. The molecular weight excluding hydrogens is 118 g/mol. The summed E-state index contributed by atoms with van der Waals surface area (Å²) in [5, 5.41) is 10.5. The Balaban J connectivity index is 3.07. The Bertz CT molecular complexity index is 91.1. The predicted molar refractivity (Wildman–Crippen MR) is 34.5 cm³/mol. The lowest BCUT2D eigenvalue weighted by Gasteiger charge is -2.06. The van der Waals surface area contributed by atoms with Crippen LogP contribution in [0.5, 0.6) is 0 Å². The van der Waals surface area contributed by atoms with Crippen LogP contribution in [-0.4, -0.2) is 26.7 Å². The molecule has 0 unspecified atom stereocenters. The van der Waals surface area contributed by atoms with Gasteiger partial charge in [-0.2, -0.15) is 0 Å². The summed E-state index contributed by atoms with van der Waals surface area (Å²) in [4.78, 5) is 3.47. The highest BCUT2D eigenvalue weighted by Crippen LogP contribution is 1.87. The van der Waals surface area contributed by atoms with Gasteiger partial charge in [0.1, 0.15) is 0 Å². The van der Waals surface area contributed by atoms with Crippen molar-refractivity contribution in [2.24, 2.45) is 4.99 Å². The number of hydrogen-bond acceptors (Lipinski definition) is 3. The summed E-state index contributed by atoms with van der Waals surface area (Å²) in [5.41, 5.74) is 0. The van der Waals surface area contributed by atoms with E-state index >= 15 is 0 Å². The third-order valence-electron chi connectivity index (χ3n) is 0.989. The molecule has 0 rings (SSSR count). The second-order valence-electron chi connectivity index (χ2n) is 1.71. The van der Waals surface area contributed by atoms with Gasteiger partial charge in [0.15, 0.2) is 0 Å². The fourth-order valence-corrected chi connectivity index (χ4v) is 0.480. The minimum Gasteiger partial charge on any atom is -0.862 e. The summed E-state index contributed by atoms with van der Waals surface area (Å²) in [6, 6.07) is 0. The van der Waals surface area contributed by atoms with E-state index in [1.807, 2.05) is 0 Å². The van der Waals surface area contributed by atoms with E-state index in [9.17, 15) is 5.11 Å². The summed E-state index contributed by atoms with van der Waals surface area (Å²) in [7, 11) is 3.13. The minimum absolute atomic E-state index is 0.0490. The highest BCUT2D eigenvalue weighted by Gasteiger charge is 1.83. The maximum absolute atomic E-state index is 10.5. The third kappa shape index (κ3) is 5.30. The molecule has 0 heterocycles. The van der Waals surface area contributed by atoms with Crippen LogP contribution >= 0.6 is 0 Å².